The molecule has 2 nitrogen and oxygen atoms in total. The van der Waals surface area contributed by atoms with Gasteiger partial charge in [-0.3, -0.25) is 0 Å². The van der Waals surface area contributed by atoms with Crippen molar-refractivity contribution in [3.8, 4) is 0 Å². The van der Waals surface area contributed by atoms with Crippen LogP contribution in [0.4, 0.5) is 4.39 Å². The van der Waals surface area contributed by atoms with E-state index in [4.69, 9.17) is 0 Å². The molecule has 0 aliphatic heterocycles. The molecule has 1 aromatic rings. The first-order valence-corrected chi connectivity index (χ1v) is 3.98. The molecule has 0 radical (unpaired) electrons. The number of rotatable bonds is 1. The molecule has 0 aliphatic rings. The molecule has 0 N–H and O–H groups in total. The molecule has 0 bridgehead atoms. The molecule has 0 fully saturated rings. The highest BCUT2D eigenvalue weighted by Gasteiger charge is 2.05. The number of hydrogen-bond acceptors (Lipinski definition) is 2. The topological polar surface area (TPSA) is 40.1 Å². The Hall–Kier alpha value is -0.900. The molecule has 0 unspecified atom stereocenters. The van der Waals surface area contributed by atoms with Crippen LogP contribution in [0.2, 0.25) is 0 Å². The SMILES string of the molecule is Cc1cc(C(=O)[O-])c(F)cc1Br. The molecule has 0 saturated heterocycles. The summed E-state index contributed by atoms with van der Waals surface area (Å²) >= 11 is 3.08. The van der Waals surface area contributed by atoms with Crippen molar-refractivity contribution in [2.45, 2.75) is 6.92 Å². The average Bonchev–Trinajstić information content (AvgIpc) is 1.96. The Kier molecular flexibility index (Phi) is 2.47. The first-order chi connectivity index (χ1) is 5.52. The van der Waals surface area contributed by atoms with Crippen molar-refractivity contribution in [3.05, 3.63) is 33.5 Å². The van der Waals surface area contributed by atoms with E-state index in [1.807, 2.05) is 0 Å². The van der Waals surface area contributed by atoms with Crippen LogP contribution in [0.5, 0.6) is 0 Å². The molecule has 4 heteroatoms. The molecule has 64 valence electrons. The van der Waals surface area contributed by atoms with E-state index in [0.717, 1.165) is 6.07 Å². The minimum Gasteiger partial charge on any atom is -0.545 e. The van der Waals surface area contributed by atoms with Gasteiger partial charge in [0.15, 0.2) is 0 Å². The number of carboxylic acid groups (broad SMARTS) is 1. The third-order valence-electron chi connectivity index (χ3n) is 1.47. The summed E-state index contributed by atoms with van der Waals surface area (Å²) in [4.78, 5) is 10.3. The van der Waals surface area contributed by atoms with Gasteiger partial charge in [0.1, 0.15) is 5.82 Å². The minimum atomic E-state index is -1.50. The highest BCUT2D eigenvalue weighted by Crippen LogP contribution is 2.19. The second-order valence-electron chi connectivity index (χ2n) is 2.37. The van der Waals surface area contributed by atoms with Crippen molar-refractivity contribution in [1.82, 2.24) is 0 Å². The number of aryl methyl sites for hydroxylation is 1. The van der Waals surface area contributed by atoms with E-state index in [2.05, 4.69) is 15.9 Å². The number of aromatic carboxylic acids is 1. The molecular weight excluding hydrogens is 227 g/mol. The van der Waals surface area contributed by atoms with Gasteiger partial charge in [0.25, 0.3) is 0 Å². The molecule has 1 rings (SSSR count). The molecule has 1 aromatic carbocycles. The summed E-state index contributed by atoms with van der Waals surface area (Å²) in [5.74, 6) is -2.28. The fourth-order valence-electron chi connectivity index (χ4n) is 0.814. The molecular formula is C8H5BrFO2-. The zero-order chi connectivity index (χ0) is 9.30. The van der Waals surface area contributed by atoms with Crippen LogP contribution in [0.25, 0.3) is 0 Å². The summed E-state index contributed by atoms with van der Waals surface area (Å²) in [5.41, 5.74) is 0.256. The van der Waals surface area contributed by atoms with E-state index in [-0.39, 0.29) is 0 Å². The Morgan fingerprint density at radius 2 is 2.17 bits per heavy atom. The maximum absolute atomic E-state index is 12.8. The van der Waals surface area contributed by atoms with Crippen molar-refractivity contribution in [2.75, 3.05) is 0 Å². The summed E-state index contributed by atoms with van der Waals surface area (Å²) in [6.07, 6.45) is 0. The second-order valence-corrected chi connectivity index (χ2v) is 3.22. The van der Waals surface area contributed by atoms with E-state index in [0.29, 0.717) is 10.0 Å². The number of halogens is 2. The van der Waals surface area contributed by atoms with Gasteiger partial charge < -0.3 is 9.90 Å². The summed E-state index contributed by atoms with van der Waals surface area (Å²) < 4.78 is 13.4. The van der Waals surface area contributed by atoms with Crippen molar-refractivity contribution < 1.29 is 14.3 Å². The van der Waals surface area contributed by atoms with Gasteiger partial charge in [-0.2, -0.15) is 0 Å². The van der Waals surface area contributed by atoms with Gasteiger partial charge in [0.2, 0.25) is 0 Å². The lowest BCUT2D eigenvalue weighted by Crippen LogP contribution is -2.23. The van der Waals surface area contributed by atoms with Crippen molar-refractivity contribution in [3.63, 3.8) is 0 Å². The van der Waals surface area contributed by atoms with Crippen LogP contribution in [0.3, 0.4) is 0 Å². The quantitative estimate of drug-likeness (QED) is 0.731. The van der Waals surface area contributed by atoms with E-state index < -0.39 is 17.3 Å². The molecule has 0 spiro atoms. The largest absolute Gasteiger partial charge is 0.545 e. The zero-order valence-corrected chi connectivity index (χ0v) is 7.81. The van der Waals surface area contributed by atoms with Gasteiger partial charge in [-0.15, -0.1) is 0 Å². The Morgan fingerprint density at radius 3 is 2.67 bits per heavy atom. The van der Waals surface area contributed by atoms with Crippen LogP contribution in [-0.4, -0.2) is 5.97 Å². The summed E-state index contributed by atoms with van der Waals surface area (Å²) in [6, 6.07) is 2.34. The standard InChI is InChI=1S/C8H6BrFO2/c1-4-2-5(8(11)12)7(10)3-6(4)9/h2-3H,1H3,(H,11,12)/p-1. The Labute approximate surface area is 77.2 Å². The van der Waals surface area contributed by atoms with Crippen LogP contribution in [0.1, 0.15) is 15.9 Å². The van der Waals surface area contributed by atoms with Crippen LogP contribution < -0.4 is 5.11 Å². The van der Waals surface area contributed by atoms with Crippen LogP contribution in [0, 0.1) is 12.7 Å². The van der Waals surface area contributed by atoms with Gasteiger partial charge in [-0.25, -0.2) is 4.39 Å². The molecule has 0 aliphatic carbocycles. The average molecular weight is 232 g/mol. The fourth-order valence-corrected chi connectivity index (χ4v) is 1.13. The Bertz CT molecular complexity index is 336. The van der Waals surface area contributed by atoms with Gasteiger partial charge in [-0.05, 0) is 24.6 Å². The third-order valence-corrected chi connectivity index (χ3v) is 2.32. The number of carbonyl (C=O) groups excluding carboxylic acids is 1. The van der Waals surface area contributed by atoms with Crippen LogP contribution >= 0.6 is 15.9 Å². The summed E-state index contributed by atoms with van der Waals surface area (Å²) in [6.45, 7) is 1.68. The van der Waals surface area contributed by atoms with Gasteiger partial charge >= 0.3 is 0 Å². The van der Waals surface area contributed by atoms with Crippen LogP contribution in [0.15, 0.2) is 16.6 Å². The third kappa shape index (κ3) is 1.64. The van der Waals surface area contributed by atoms with E-state index in [1.165, 1.54) is 6.07 Å². The van der Waals surface area contributed by atoms with Gasteiger partial charge in [-0.1, -0.05) is 15.9 Å². The molecule has 0 aromatic heterocycles. The fraction of sp³-hybridized carbons (Fsp3) is 0.125. The normalized spacial score (nSPS) is 9.92. The molecule has 0 heterocycles. The number of carbonyl (C=O) groups is 1. The smallest absolute Gasteiger partial charge is 0.133 e. The van der Waals surface area contributed by atoms with Crippen molar-refractivity contribution >= 4 is 21.9 Å². The predicted molar refractivity (Wildman–Crippen MR) is 43.2 cm³/mol. The molecule has 0 amide bonds. The zero-order valence-electron chi connectivity index (χ0n) is 6.23. The monoisotopic (exact) mass is 231 g/mol. The Morgan fingerprint density at radius 1 is 1.58 bits per heavy atom. The van der Waals surface area contributed by atoms with Crippen molar-refractivity contribution in [1.29, 1.82) is 0 Å². The van der Waals surface area contributed by atoms with E-state index >= 15 is 0 Å². The first-order valence-electron chi connectivity index (χ1n) is 3.19. The number of carboxylic acids is 1. The van der Waals surface area contributed by atoms with Gasteiger partial charge in [0.05, 0.1) is 5.97 Å². The lowest BCUT2D eigenvalue weighted by molar-refractivity contribution is -0.255. The molecule has 12 heavy (non-hydrogen) atoms. The lowest BCUT2D eigenvalue weighted by Gasteiger charge is -2.06. The Balaban J connectivity index is 3.33. The van der Waals surface area contributed by atoms with Gasteiger partial charge in [0, 0.05) is 10.0 Å². The lowest BCUT2D eigenvalue weighted by atomic mass is 10.1. The van der Waals surface area contributed by atoms with Crippen LogP contribution in [-0.2, 0) is 0 Å². The van der Waals surface area contributed by atoms with E-state index in [9.17, 15) is 14.3 Å². The maximum atomic E-state index is 12.8. The summed E-state index contributed by atoms with van der Waals surface area (Å²) in [7, 11) is 0. The highest BCUT2D eigenvalue weighted by atomic mass is 79.9. The van der Waals surface area contributed by atoms with E-state index in [1.54, 1.807) is 6.92 Å². The highest BCUT2D eigenvalue weighted by molar-refractivity contribution is 9.10. The molecule has 0 saturated carbocycles. The minimum absolute atomic E-state index is 0.407. The summed E-state index contributed by atoms with van der Waals surface area (Å²) in [5, 5.41) is 10.3. The second kappa shape index (κ2) is 3.23. The maximum Gasteiger partial charge on any atom is 0.133 e. The predicted octanol–water partition coefficient (Wildman–Crippen LogP) is 1.26. The molecule has 0 atom stereocenters. The number of benzene rings is 1. The van der Waals surface area contributed by atoms with Crippen molar-refractivity contribution in [2.24, 2.45) is 0 Å². The number of hydrogen-bond donors (Lipinski definition) is 0. The first kappa shape index (κ1) is 9.19.